The van der Waals surface area contributed by atoms with Gasteiger partial charge in [-0.1, -0.05) is 29.5 Å². The van der Waals surface area contributed by atoms with E-state index in [4.69, 9.17) is 0 Å². The Bertz CT molecular complexity index is 1450. The summed E-state index contributed by atoms with van der Waals surface area (Å²) in [7, 11) is 6.82. The van der Waals surface area contributed by atoms with Crippen molar-refractivity contribution in [1.29, 1.82) is 5.26 Å². The van der Waals surface area contributed by atoms with Gasteiger partial charge in [-0.15, -0.1) is 10.2 Å². The molecule has 224 valence electrons. The van der Waals surface area contributed by atoms with Crippen molar-refractivity contribution in [2.45, 2.75) is 49.7 Å². The monoisotopic (exact) mass is 583 g/mol. The molecule has 2 aromatic carbocycles. The zero-order valence-electron chi connectivity index (χ0n) is 25.1. The number of fused-ring (bicyclic) bond motifs is 1. The van der Waals surface area contributed by atoms with E-state index in [9.17, 15) is 19.6 Å². The molecular formula is C31H37N9O3. The van der Waals surface area contributed by atoms with Crippen LogP contribution in [0.15, 0.2) is 48.5 Å². The van der Waals surface area contributed by atoms with Crippen molar-refractivity contribution < 1.29 is 14.4 Å². The number of aromatic amines is 1. The highest BCUT2D eigenvalue weighted by atomic mass is 16.2. The fourth-order valence-corrected chi connectivity index (χ4v) is 6.22. The molecule has 2 aliphatic rings. The standard InChI is InChI=1S/C31H37N9O3/c1-19(33-18-27(41)40-25(17-32)14-22-15-26(22)40)16-31(30-34-36-37-35-30,23-10-6-20(7-11-23)28(42)38(2)3)24-12-8-21(9-13-24)29(43)39(4)5/h6-13,19,22,25-26,33H,14-16,18H2,1-5H3,(H,34,35,36,37)/t19-,22-,25+,26+/m1/s1. The maximum Gasteiger partial charge on any atom is 0.253 e. The first-order valence-electron chi connectivity index (χ1n) is 14.4. The predicted octanol–water partition coefficient (Wildman–Crippen LogP) is 1.82. The number of hydrogen-bond acceptors (Lipinski definition) is 8. The first-order chi connectivity index (χ1) is 20.6. The quantitative estimate of drug-likeness (QED) is 0.367. The number of nitrogens with one attached hydrogen (secondary N) is 2. The SMILES string of the molecule is C[C@H](CC(c1ccc(C(=O)N(C)C)cc1)(c1ccc(C(=O)N(C)C)cc1)c1nn[nH]n1)NCC(=O)N1[C@H](C#N)C[C@@H]2C[C@@H]21. The minimum atomic E-state index is -0.952. The van der Waals surface area contributed by atoms with Crippen molar-refractivity contribution in [1.82, 2.24) is 40.6 Å². The van der Waals surface area contributed by atoms with E-state index in [-0.39, 0.29) is 42.4 Å². The molecule has 12 heteroatoms. The Labute approximate surface area is 251 Å². The minimum absolute atomic E-state index is 0.0772. The third-order valence-corrected chi connectivity index (χ3v) is 8.54. The number of carbonyl (C=O) groups is 3. The number of H-pyrrole nitrogens is 1. The molecule has 0 unspecified atom stereocenters. The summed E-state index contributed by atoms with van der Waals surface area (Å²) in [5, 5.41) is 28.2. The number of benzene rings is 2. The summed E-state index contributed by atoms with van der Waals surface area (Å²) in [5.74, 6) is 0.545. The largest absolute Gasteiger partial charge is 0.345 e. The summed E-state index contributed by atoms with van der Waals surface area (Å²) in [6.45, 7) is 2.08. The average Bonchev–Trinajstić information content (AvgIpc) is 3.38. The van der Waals surface area contributed by atoms with E-state index in [0.29, 0.717) is 29.3 Å². The zero-order chi connectivity index (χ0) is 30.9. The smallest absolute Gasteiger partial charge is 0.253 e. The molecule has 0 radical (unpaired) electrons. The van der Waals surface area contributed by atoms with E-state index < -0.39 is 5.41 Å². The number of tetrazole rings is 1. The predicted molar refractivity (Wildman–Crippen MR) is 158 cm³/mol. The highest BCUT2D eigenvalue weighted by Gasteiger charge is 2.54. The summed E-state index contributed by atoms with van der Waals surface area (Å²) < 4.78 is 0. The number of hydrogen-bond donors (Lipinski definition) is 2. The first-order valence-corrected chi connectivity index (χ1v) is 14.4. The summed E-state index contributed by atoms with van der Waals surface area (Å²) in [6, 6.07) is 16.5. The van der Waals surface area contributed by atoms with Crippen molar-refractivity contribution in [3.05, 3.63) is 76.6 Å². The Hall–Kier alpha value is -4.63. The summed E-state index contributed by atoms with van der Waals surface area (Å²) in [5.41, 5.74) is 1.76. The van der Waals surface area contributed by atoms with Gasteiger partial charge < -0.3 is 20.0 Å². The van der Waals surface area contributed by atoms with Crippen LogP contribution in [-0.4, -0.2) is 106 Å². The number of nitrogens with zero attached hydrogens (tertiary/aromatic N) is 7. The second kappa shape index (κ2) is 11.9. The van der Waals surface area contributed by atoms with Crippen LogP contribution in [0.4, 0.5) is 0 Å². The molecule has 43 heavy (non-hydrogen) atoms. The topological polar surface area (TPSA) is 151 Å². The molecule has 1 aliphatic heterocycles. The molecule has 12 nitrogen and oxygen atoms in total. The second-order valence-electron chi connectivity index (χ2n) is 11.9. The fourth-order valence-electron chi connectivity index (χ4n) is 6.22. The van der Waals surface area contributed by atoms with Gasteiger partial charge in [-0.3, -0.25) is 14.4 Å². The van der Waals surface area contributed by atoms with Crippen LogP contribution >= 0.6 is 0 Å². The number of carbonyl (C=O) groups excluding carboxylic acids is 3. The molecule has 3 amide bonds. The fraction of sp³-hybridized carbons (Fsp3) is 0.452. The molecule has 1 aromatic heterocycles. The number of aromatic nitrogens is 4. The van der Waals surface area contributed by atoms with Crippen molar-refractivity contribution in [2.24, 2.45) is 5.92 Å². The van der Waals surface area contributed by atoms with Crippen LogP contribution < -0.4 is 5.32 Å². The Morgan fingerprint density at radius 1 is 1.00 bits per heavy atom. The van der Waals surface area contributed by atoms with Crippen molar-refractivity contribution >= 4 is 17.7 Å². The lowest BCUT2D eigenvalue weighted by Crippen LogP contribution is -2.46. The molecule has 3 aromatic rings. The van der Waals surface area contributed by atoms with Crippen LogP contribution in [0.3, 0.4) is 0 Å². The van der Waals surface area contributed by atoms with E-state index in [2.05, 4.69) is 32.0 Å². The zero-order valence-corrected chi connectivity index (χ0v) is 25.1. The number of likely N-dealkylation sites (tertiary alicyclic amines) is 1. The Balaban J connectivity index is 1.50. The lowest BCUT2D eigenvalue weighted by Gasteiger charge is -2.35. The molecular weight excluding hydrogens is 546 g/mol. The molecule has 2 fully saturated rings. The first kappa shape index (κ1) is 29.8. The Morgan fingerprint density at radius 3 is 2.02 bits per heavy atom. The van der Waals surface area contributed by atoms with Crippen LogP contribution in [-0.2, 0) is 10.2 Å². The Kier molecular flexibility index (Phi) is 8.28. The van der Waals surface area contributed by atoms with E-state index in [1.54, 1.807) is 57.4 Å². The second-order valence-corrected chi connectivity index (χ2v) is 11.9. The van der Waals surface area contributed by atoms with Gasteiger partial charge >= 0.3 is 0 Å². The molecule has 0 spiro atoms. The van der Waals surface area contributed by atoms with Gasteiger partial charge in [0.1, 0.15) is 6.04 Å². The van der Waals surface area contributed by atoms with Gasteiger partial charge in [-0.2, -0.15) is 10.5 Å². The average molecular weight is 584 g/mol. The van der Waals surface area contributed by atoms with Gasteiger partial charge in [0.15, 0.2) is 5.82 Å². The third kappa shape index (κ3) is 5.72. The highest BCUT2D eigenvalue weighted by Crippen LogP contribution is 2.47. The normalized spacial score (nSPS) is 19.7. The molecule has 4 atom stereocenters. The van der Waals surface area contributed by atoms with Gasteiger partial charge in [0.2, 0.25) is 5.91 Å². The van der Waals surface area contributed by atoms with Crippen molar-refractivity contribution in [3.8, 4) is 6.07 Å². The maximum atomic E-state index is 13.2. The maximum absolute atomic E-state index is 13.2. The van der Waals surface area contributed by atoms with Crippen LogP contribution in [0.2, 0.25) is 0 Å². The van der Waals surface area contributed by atoms with Crippen LogP contribution in [0.25, 0.3) is 0 Å². The molecule has 2 heterocycles. The molecule has 2 N–H and O–H groups in total. The molecule has 1 saturated carbocycles. The molecule has 1 aliphatic carbocycles. The summed E-state index contributed by atoms with van der Waals surface area (Å²) in [6.07, 6.45) is 2.15. The Morgan fingerprint density at radius 2 is 1.56 bits per heavy atom. The summed E-state index contributed by atoms with van der Waals surface area (Å²) >= 11 is 0. The number of rotatable bonds is 10. The number of amides is 3. The van der Waals surface area contributed by atoms with Crippen LogP contribution in [0, 0.1) is 17.2 Å². The van der Waals surface area contributed by atoms with Crippen LogP contribution in [0.1, 0.15) is 63.9 Å². The van der Waals surface area contributed by atoms with Gasteiger partial charge in [0.25, 0.3) is 11.8 Å². The van der Waals surface area contributed by atoms with Gasteiger partial charge in [0.05, 0.1) is 18.0 Å². The van der Waals surface area contributed by atoms with Crippen LogP contribution in [0.5, 0.6) is 0 Å². The molecule has 0 bridgehead atoms. The van der Waals surface area contributed by atoms with Gasteiger partial charge in [0, 0.05) is 51.4 Å². The third-order valence-electron chi connectivity index (χ3n) is 8.54. The van der Waals surface area contributed by atoms with E-state index in [1.807, 2.05) is 31.2 Å². The van der Waals surface area contributed by atoms with Crippen molar-refractivity contribution in [3.63, 3.8) is 0 Å². The van der Waals surface area contributed by atoms with E-state index >= 15 is 0 Å². The molecule has 1 saturated heterocycles. The summed E-state index contributed by atoms with van der Waals surface area (Å²) in [4.78, 5) is 43.3. The minimum Gasteiger partial charge on any atom is -0.345 e. The lowest BCUT2D eigenvalue weighted by molar-refractivity contribution is -0.131. The van der Waals surface area contributed by atoms with E-state index in [0.717, 1.165) is 24.0 Å². The van der Waals surface area contributed by atoms with Gasteiger partial charge in [-0.05, 0) is 67.5 Å². The number of piperidine rings is 1. The van der Waals surface area contributed by atoms with Gasteiger partial charge in [-0.25, -0.2) is 0 Å². The van der Waals surface area contributed by atoms with Crippen molar-refractivity contribution in [2.75, 3.05) is 34.7 Å². The lowest BCUT2D eigenvalue weighted by atomic mass is 9.69. The molecule has 5 rings (SSSR count). The number of nitriles is 1. The van der Waals surface area contributed by atoms with E-state index in [1.165, 1.54) is 9.80 Å². The highest BCUT2D eigenvalue weighted by molar-refractivity contribution is 5.94.